The molecule has 41 heavy (non-hydrogen) atoms. The topological polar surface area (TPSA) is 245 Å². The zero-order valence-corrected chi connectivity index (χ0v) is 23.8. The van der Waals surface area contributed by atoms with Crippen LogP contribution in [0.5, 0.6) is 0 Å². The number of phosphoric acid groups is 1. The van der Waals surface area contributed by atoms with Gasteiger partial charge in [-0.15, -0.1) is 0 Å². The number of nitrogens with zero attached hydrogens (tertiary/aromatic N) is 5. The summed E-state index contributed by atoms with van der Waals surface area (Å²) >= 11 is 0.558. The molecule has 2 unspecified atom stereocenters. The fraction of sp³-hybridized carbons (Fsp3) is 0.550. The molecule has 3 aliphatic heterocycles. The highest BCUT2D eigenvalue weighted by Gasteiger charge is 2.47. The summed E-state index contributed by atoms with van der Waals surface area (Å²) in [4.78, 5) is 59.8. The van der Waals surface area contributed by atoms with Crippen LogP contribution in [0.3, 0.4) is 0 Å². The van der Waals surface area contributed by atoms with Gasteiger partial charge in [-0.25, -0.2) is 28.9 Å². The second kappa shape index (κ2) is 10.7. The Morgan fingerprint density at radius 3 is 2.51 bits per heavy atom. The summed E-state index contributed by atoms with van der Waals surface area (Å²) in [5, 5.41) is 0. The highest BCUT2D eigenvalue weighted by molar-refractivity contribution is 8.54. The van der Waals surface area contributed by atoms with E-state index in [1.54, 1.807) is 4.57 Å². The van der Waals surface area contributed by atoms with Crippen LogP contribution in [-0.4, -0.2) is 75.6 Å². The van der Waals surface area contributed by atoms with Gasteiger partial charge in [0.1, 0.15) is 42.6 Å². The van der Waals surface area contributed by atoms with E-state index in [1.807, 2.05) is 0 Å². The molecule has 5 N–H and O–H groups in total. The first-order chi connectivity index (χ1) is 19.4. The van der Waals surface area contributed by atoms with Gasteiger partial charge in [-0.1, -0.05) is 0 Å². The highest BCUT2D eigenvalue weighted by Crippen LogP contribution is 2.60. The number of nitrogen functional groups attached to an aromatic ring is 1. The van der Waals surface area contributed by atoms with E-state index in [0.29, 0.717) is 22.5 Å². The van der Waals surface area contributed by atoms with E-state index in [9.17, 15) is 28.5 Å². The molecule has 222 valence electrons. The van der Waals surface area contributed by atoms with Gasteiger partial charge in [0.25, 0.3) is 5.56 Å². The van der Waals surface area contributed by atoms with Crippen molar-refractivity contribution >= 4 is 43.0 Å². The van der Waals surface area contributed by atoms with Crippen molar-refractivity contribution in [2.24, 2.45) is 0 Å². The number of hydrogen-bond donors (Lipinski definition) is 4. The number of phosphoric ester groups is 1. The lowest BCUT2D eigenvalue weighted by atomic mass is 10.2. The van der Waals surface area contributed by atoms with Crippen molar-refractivity contribution < 1.29 is 42.0 Å². The predicted octanol–water partition coefficient (Wildman–Crippen LogP) is 0.577. The zero-order chi connectivity index (χ0) is 29.1. The van der Waals surface area contributed by atoms with Crippen LogP contribution >= 0.6 is 26.0 Å². The van der Waals surface area contributed by atoms with Crippen molar-refractivity contribution in [3.05, 3.63) is 45.3 Å². The van der Waals surface area contributed by atoms with Crippen molar-refractivity contribution in [1.29, 1.82) is 0 Å². The van der Waals surface area contributed by atoms with Crippen LogP contribution in [0, 0.1) is 6.92 Å². The van der Waals surface area contributed by atoms with Crippen LogP contribution in [0.25, 0.3) is 11.2 Å². The molecule has 0 aromatic carbocycles. The number of nitrogens with two attached hydrogens (primary N) is 1. The Balaban J connectivity index is 1.24. The molecule has 3 aromatic rings. The van der Waals surface area contributed by atoms with Crippen molar-refractivity contribution in [1.82, 2.24) is 29.1 Å². The minimum atomic E-state index is -4.71. The first kappa shape index (κ1) is 28.7. The summed E-state index contributed by atoms with van der Waals surface area (Å²) < 4.78 is 56.8. The molecule has 0 bridgehead atoms. The summed E-state index contributed by atoms with van der Waals surface area (Å²) in [7, 11) is -4.71. The second-order valence-electron chi connectivity index (χ2n) is 9.61. The molecule has 3 aromatic heterocycles. The standard InChI is InChI=1S/C20H25N7O11P2S/c1-9-4-26(20(29)25-19(9)28)14-2-10-12(35-14)5-34-39(30,31)37-11-3-15(36-13(11)6-41-40(32,33)38-10)27-8-24-16-17(21)22-7-23-18(16)27/h4,7-8,10-15H,2-3,5-6H2,1H3,(H,30,31)(H,32,33)(H2,21,22,23)(H,25,28,29)/t10-,11-,12+,13+,14+,15+/m0/s1. The average molecular weight is 633 g/mol. The van der Waals surface area contributed by atoms with Gasteiger partial charge < -0.3 is 25.0 Å². The maximum Gasteiger partial charge on any atom is 0.472 e. The third kappa shape index (κ3) is 5.79. The Morgan fingerprint density at radius 1 is 1.02 bits per heavy atom. The maximum absolute atomic E-state index is 13.1. The van der Waals surface area contributed by atoms with E-state index in [-0.39, 0.29) is 30.0 Å². The van der Waals surface area contributed by atoms with Crippen LogP contribution in [-0.2, 0) is 32.2 Å². The van der Waals surface area contributed by atoms with E-state index in [2.05, 4.69) is 19.9 Å². The molecule has 0 amide bonds. The number of ether oxygens (including phenoxy) is 2. The van der Waals surface area contributed by atoms with Crippen LogP contribution in [0.15, 0.2) is 28.4 Å². The molecule has 18 nitrogen and oxygen atoms in total. The first-order valence-electron chi connectivity index (χ1n) is 12.3. The Labute approximate surface area is 234 Å². The van der Waals surface area contributed by atoms with Crippen LogP contribution in [0.2, 0.25) is 0 Å². The van der Waals surface area contributed by atoms with Gasteiger partial charge in [0.15, 0.2) is 11.5 Å². The summed E-state index contributed by atoms with van der Waals surface area (Å²) in [5.74, 6) is 0.00566. The fourth-order valence-corrected chi connectivity index (χ4v) is 8.62. The molecule has 8 atom stereocenters. The summed E-state index contributed by atoms with van der Waals surface area (Å²) in [6, 6.07) is 0. The number of nitrogens with one attached hydrogen (secondary N) is 1. The van der Waals surface area contributed by atoms with Crippen LogP contribution in [0.1, 0.15) is 30.9 Å². The van der Waals surface area contributed by atoms with Gasteiger partial charge >= 0.3 is 20.3 Å². The lowest BCUT2D eigenvalue weighted by Crippen LogP contribution is -2.33. The monoisotopic (exact) mass is 633 g/mol. The van der Waals surface area contributed by atoms with Gasteiger partial charge in [0.2, 0.25) is 0 Å². The smallest absolute Gasteiger partial charge is 0.382 e. The molecule has 0 radical (unpaired) electrons. The first-order valence-corrected chi connectivity index (χ1v) is 16.9. The molecule has 3 aliphatic rings. The molecule has 6 rings (SSSR count). The molecule has 0 spiro atoms. The zero-order valence-electron chi connectivity index (χ0n) is 21.2. The molecular formula is C20H25N7O11P2S. The molecule has 21 heteroatoms. The minimum absolute atomic E-state index is 0.0458. The van der Waals surface area contributed by atoms with E-state index >= 15 is 0 Å². The molecule has 3 saturated heterocycles. The summed E-state index contributed by atoms with van der Waals surface area (Å²) in [6.45, 7) is -3.43. The Hall–Kier alpha value is -2.44. The summed E-state index contributed by atoms with van der Waals surface area (Å²) in [6.07, 6.45) is -2.06. The van der Waals surface area contributed by atoms with Crippen molar-refractivity contribution in [3.63, 3.8) is 0 Å². The number of aryl methyl sites for hydroxylation is 1. The predicted molar refractivity (Wildman–Crippen MR) is 141 cm³/mol. The quantitative estimate of drug-likeness (QED) is 0.282. The molecular weight excluding hydrogens is 608 g/mol. The number of aromatic amines is 1. The van der Waals surface area contributed by atoms with Crippen molar-refractivity contribution in [2.75, 3.05) is 18.1 Å². The number of H-pyrrole nitrogens is 1. The van der Waals surface area contributed by atoms with Crippen molar-refractivity contribution in [3.8, 4) is 0 Å². The fourth-order valence-electron chi connectivity index (χ4n) is 4.88. The molecule has 6 heterocycles. The van der Waals surface area contributed by atoms with E-state index in [0.717, 1.165) is 4.57 Å². The number of aromatic nitrogens is 6. The van der Waals surface area contributed by atoms with E-state index in [1.165, 1.54) is 25.8 Å². The number of imidazole rings is 1. The molecule has 0 aliphatic carbocycles. The highest BCUT2D eigenvalue weighted by atomic mass is 32.7. The molecule has 3 fully saturated rings. The third-order valence-electron chi connectivity index (χ3n) is 6.86. The summed E-state index contributed by atoms with van der Waals surface area (Å²) in [5.41, 5.74) is 5.46. The number of hydrogen-bond acceptors (Lipinski definition) is 14. The SMILES string of the molecule is Cc1cn([C@H]2C[C@@H]3OP(=O)(O)SC[C@H]4O[C@@H](n5cnc6c(N)ncnc65)C[C@@H]4OP(=O)(O)OC[C@H]3O2)c(=O)[nH]c1=O. The molecule has 0 saturated carbocycles. The lowest BCUT2D eigenvalue weighted by Gasteiger charge is -2.26. The number of anilines is 1. The van der Waals surface area contributed by atoms with E-state index in [4.69, 9.17) is 28.8 Å². The number of rotatable bonds is 2. The Kier molecular flexibility index (Phi) is 7.47. The van der Waals surface area contributed by atoms with Crippen LogP contribution in [0.4, 0.5) is 5.82 Å². The van der Waals surface area contributed by atoms with Gasteiger partial charge in [-0.2, -0.15) is 0 Å². The third-order valence-corrected chi connectivity index (χ3v) is 10.9. The van der Waals surface area contributed by atoms with Gasteiger partial charge in [0, 0.05) is 30.4 Å². The van der Waals surface area contributed by atoms with Crippen molar-refractivity contribution in [2.45, 2.75) is 56.6 Å². The van der Waals surface area contributed by atoms with Gasteiger partial charge in [0.05, 0.1) is 19.0 Å². The normalized spacial score (nSPS) is 36.4. The Morgan fingerprint density at radius 2 is 1.73 bits per heavy atom. The van der Waals surface area contributed by atoms with Gasteiger partial charge in [-0.05, 0) is 18.3 Å². The van der Waals surface area contributed by atoms with Gasteiger partial charge in [-0.3, -0.25) is 32.5 Å². The maximum atomic E-state index is 13.1. The average Bonchev–Trinajstić information content (AvgIpc) is 3.60. The lowest BCUT2D eigenvalue weighted by molar-refractivity contribution is -0.0475. The second-order valence-corrected chi connectivity index (χ2v) is 14.9. The minimum Gasteiger partial charge on any atom is -0.382 e. The number of fused-ring (bicyclic) bond motifs is 3. The van der Waals surface area contributed by atoms with E-state index < -0.39 is 69.3 Å². The largest absolute Gasteiger partial charge is 0.472 e. The Bertz CT molecular complexity index is 1700. The van der Waals surface area contributed by atoms with Crippen LogP contribution < -0.4 is 17.0 Å².